The van der Waals surface area contributed by atoms with Crippen molar-refractivity contribution in [3.05, 3.63) is 0 Å². The van der Waals surface area contributed by atoms with Crippen LogP contribution in [0.4, 0.5) is 0 Å². The molecule has 70 valence electrons. The molecule has 0 aliphatic carbocycles. The fourth-order valence-electron chi connectivity index (χ4n) is 1.26. The van der Waals surface area contributed by atoms with Crippen LogP contribution in [0.2, 0.25) is 0 Å². The zero-order chi connectivity index (χ0) is 9.14. The molecule has 0 bridgehead atoms. The summed E-state index contributed by atoms with van der Waals surface area (Å²) in [6.45, 7) is 2.13. The van der Waals surface area contributed by atoms with Crippen molar-refractivity contribution < 1.29 is 9.53 Å². The zero-order valence-corrected chi connectivity index (χ0v) is 8.56. The van der Waals surface area contributed by atoms with Gasteiger partial charge in [0.15, 0.2) is 0 Å². The van der Waals surface area contributed by atoms with E-state index >= 15 is 0 Å². The molecule has 1 heterocycles. The molecule has 1 aliphatic heterocycles. The minimum absolute atomic E-state index is 0.0521. The van der Waals surface area contributed by atoms with Gasteiger partial charge in [0.05, 0.1) is 7.11 Å². The summed E-state index contributed by atoms with van der Waals surface area (Å²) in [5.41, 5.74) is 0. The summed E-state index contributed by atoms with van der Waals surface area (Å²) in [4.78, 5) is 13.3. The predicted octanol–water partition coefficient (Wildman–Crippen LogP) is 0.595. The van der Waals surface area contributed by atoms with Crippen LogP contribution in [-0.2, 0) is 9.53 Å². The second-order valence-electron chi connectivity index (χ2n) is 3.09. The molecule has 1 aliphatic rings. The highest BCUT2D eigenvalue weighted by Crippen LogP contribution is 2.20. The highest BCUT2D eigenvalue weighted by molar-refractivity contribution is 7.99. The Hall–Kier alpha value is -0.220. The second-order valence-corrected chi connectivity index (χ2v) is 4.17. The van der Waals surface area contributed by atoms with E-state index in [-0.39, 0.29) is 12.0 Å². The van der Waals surface area contributed by atoms with Crippen molar-refractivity contribution >= 4 is 17.7 Å². The van der Waals surface area contributed by atoms with Crippen LogP contribution >= 0.6 is 11.8 Å². The number of ether oxygens (including phenoxy) is 1. The molecule has 0 radical (unpaired) electrons. The van der Waals surface area contributed by atoms with Gasteiger partial charge in [0.1, 0.15) is 6.04 Å². The van der Waals surface area contributed by atoms with Gasteiger partial charge < -0.3 is 4.74 Å². The Morgan fingerprint density at radius 1 is 1.58 bits per heavy atom. The van der Waals surface area contributed by atoms with Crippen molar-refractivity contribution in [3.8, 4) is 0 Å². The molecule has 0 aromatic heterocycles. The summed E-state index contributed by atoms with van der Waals surface area (Å²) < 4.78 is 4.71. The number of esters is 1. The molecule has 0 saturated carbocycles. The lowest BCUT2D eigenvalue weighted by atomic mass is 10.2. The SMILES string of the molecule is COC(=O)C1CSCC(C)N1C. The summed E-state index contributed by atoms with van der Waals surface area (Å²) in [6.07, 6.45) is 0. The number of likely N-dealkylation sites (N-methyl/N-ethyl adjacent to an activating group) is 1. The van der Waals surface area contributed by atoms with Gasteiger partial charge in [0, 0.05) is 17.5 Å². The first-order valence-electron chi connectivity index (χ1n) is 4.04. The number of thioether (sulfide) groups is 1. The number of nitrogens with zero attached hydrogens (tertiary/aromatic N) is 1. The first-order chi connectivity index (χ1) is 5.66. The van der Waals surface area contributed by atoms with Crippen LogP contribution < -0.4 is 0 Å². The fraction of sp³-hybridized carbons (Fsp3) is 0.875. The summed E-state index contributed by atoms with van der Waals surface area (Å²) >= 11 is 1.82. The van der Waals surface area contributed by atoms with Gasteiger partial charge in [-0.3, -0.25) is 9.69 Å². The molecule has 0 spiro atoms. The van der Waals surface area contributed by atoms with E-state index in [0.29, 0.717) is 6.04 Å². The van der Waals surface area contributed by atoms with Crippen LogP contribution in [0.3, 0.4) is 0 Å². The van der Waals surface area contributed by atoms with Gasteiger partial charge in [0.2, 0.25) is 0 Å². The van der Waals surface area contributed by atoms with Gasteiger partial charge in [0.25, 0.3) is 0 Å². The van der Waals surface area contributed by atoms with E-state index in [1.54, 1.807) is 0 Å². The maximum Gasteiger partial charge on any atom is 0.323 e. The topological polar surface area (TPSA) is 29.5 Å². The quantitative estimate of drug-likeness (QED) is 0.565. The Morgan fingerprint density at radius 2 is 2.25 bits per heavy atom. The highest BCUT2D eigenvalue weighted by atomic mass is 32.2. The van der Waals surface area contributed by atoms with Crippen LogP contribution in [0.25, 0.3) is 0 Å². The van der Waals surface area contributed by atoms with Crippen molar-refractivity contribution in [2.45, 2.75) is 19.0 Å². The van der Waals surface area contributed by atoms with Gasteiger partial charge in [-0.15, -0.1) is 0 Å². The van der Waals surface area contributed by atoms with Crippen LogP contribution in [-0.4, -0.2) is 48.6 Å². The van der Waals surface area contributed by atoms with Crippen molar-refractivity contribution in [2.24, 2.45) is 0 Å². The summed E-state index contributed by atoms with van der Waals surface area (Å²) in [7, 11) is 3.42. The Morgan fingerprint density at radius 3 is 2.83 bits per heavy atom. The predicted molar refractivity (Wildman–Crippen MR) is 50.4 cm³/mol. The van der Waals surface area contributed by atoms with Gasteiger partial charge in [-0.25, -0.2) is 0 Å². The number of carbonyl (C=O) groups is 1. The average Bonchev–Trinajstić information content (AvgIpc) is 2.08. The van der Waals surface area contributed by atoms with E-state index < -0.39 is 0 Å². The lowest BCUT2D eigenvalue weighted by Crippen LogP contribution is -2.49. The molecular weight excluding hydrogens is 174 g/mol. The van der Waals surface area contributed by atoms with E-state index in [1.165, 1.54) is 7.11 Å². The maximum atomic E-state index is 11.2. The van der Waals surface area contributed by atoms with Gasteiger partial charge in [-0.1, -0.05) is 0 Å². The van der Waals surface area contributed by atoms with Gasteiger partial charge in [-0.2, -0.15) is 11.8 Å². The minimum Gasteiger partial charge on any atom is -0.468 e. The summed E-state index contributed by atoms with van der Waals surface area (Å²) in [5, 5.41) is 0. The molecule has 0 amide bonds. The van der Waals surface area contributed by atoms with Gasteiger partial charge in [-0.05, 0) is 14.0 Å². The Bertz CT molecular complexity index is 174. The minimum atomic E-state index is -0.114. The molecule has 1 rings (SSSR count). The number of hydrogen-bond acceptors (Lipinski definition) is 4. The molecule has 1 saturated heterocycles. The molecule has 1 fully saturated rings. The molecule has 0 N–H and O–H groups in total. The molecule has 12 heavy (non-hydrogen) atoms. The third-order valence-electron chi connectivity index (χ3n) is 2.29. The van der Waals surface area contributed by atoms with Crippen LogP contribution in [0, 0.1) is 0 Å². The zero-order valence-electron chi connectivity index (χ0n) is 7.74. The molecule has 0 aromatic rings. The maximum absolute atomic E-state index is 11.2. The second kappa shape index (κ2) is 4.14. The molecule has 3 nitrogen and oxygen atoms in total. The molecule has 2 atom stereocenters. The molecule has 4 heteroatoms. The lowest BCUT2D eigenvalue weighted by Gasteiger charge is -2.35. The number of rotatable bonds is 1. The van der Waals surface area contributed by atoms with E-state index in [4.69, 9.17) is 4.74 Å². The highest BCUT2D eigenvalue weighted by Gasteiger charge is 2.30. The number of carbonyl (C=O) groups excluding carboxylic acids is 1. The van der Waals surface area contributed by atoms with Crippen LogP contribution in [0.15, 0.2) is 0 Å². The standard InChI is InChI=1S/C8H15NO2S/c1-6-4-12-5-7(9(6)2)8(10)11-3/h6-7H,4-5H2,1-3H3. The molecule has 0 aromatic carbocycles. The van der Waals surface area contributed by atoms with Crippen molar-refractivity contribution in [1.29, 1.82) is 0 Å². The van der Waals surface area contributed by atoms with Crippen molar-refractivity contribution in [3.63, 3.8) is 0 Å². The third-order valence-corrected chi connectivity index (χ3v) is 3.56. The van der Waals surface area contributed by atoms with E-state index in [2.05, 4.69) is 11.8 Å². The van der Waals surface area contributed by atoms with Crippen molar-refractivity contribution in [1.82, 2.24) is 4.90 Å². The summed E-state index contributed by atoms with van der Waals surface area (Å²) in [5.74, 6) is 1.84. The Kier molecular flexibility index (Phi) is 3.40. The van der Waals surface area contributed by atoms with E-state index in [1.807, 2.05) is 18.8 Å². The van der Waals surface area contributed by atoms with Gasteiger partial charge >= 0.3 is 5.97 Å². The Balaban J connectivity index is 2.57. The summed E-state index contributed by atoms with van der Waals surface area (Å²) in [6, 6.07) is 0.414. The first kappa shape index (κ1) is 9.86. The van der Waals surface area contributed by atoms with Crippen LogP contribution in [0.1, 0.15) is 6.92 Å². The monoisotopic (exact) mass is 189 g/mol. The fourth-order valence-corrected chi connectivity index (χ4v) is 2.57. The van der Waals surface area contributed by atoms with Crippen molar-refractivity contribution in [2.75, 3.05) is 25.7 Å². The largest absolute Gasteiger partial charge is 0.468 e. The normalized spacial score (nSPS) is 31.6. The number of methoxy groups -OCH3 is 1. The smallest absolute Gasteiger partial charge is 0.323 e. The average molecular weight is 189 g/mol. The molecule has 2 unspecified atom stereocenters. The lowest BCUT2D eigenvalue weighted by molar-refractivity contribution is -0.146. The van der Waals surface area contributed by atoms with E-state index in [9.17, 15) is 4.79 Å². The van der Waals surface area contributed by atoms with E-state index in [0.717, 1.165) is 11.5 Å². The van der Waals surface area contributed by atoms with Crippen LogP contribution in [0.5, 0.6) is 0 Å². The Labute approximate surface area is 77.4 Å². The third kappa shape index (κ3) is 1.93. The first-order valence-corrected chi connectivity index (χ1v) is 5.19. The number of hydrogen-bond donors (Lipinski definition) is 0. The molecular formula is C8H15NO2S.